The van der Waals surface area contributed by atoms with Gasteiger partial charge in [0, 0.05) is 19.7 Å². The number of hydrogen-bond acceptors (Lipinski definition) is 3. The minimum Gasteiger partial charge on any atom is -0.378 e. The van der Waals surface area contributed by atoms with E-state index < -0.39 is 0 Å². The van der Waals surface area contributed by atoms with Gasteiger partial charge in [0.15, 0.2) is 0 Å². The quantitative estimate of drug-likeness (QED) is 0.758. The molecule has 1 aliphatic heterocycles. The molecule has 1 saturated heterocycles. The van der Waals surface area contributed by atoms with Gasteiger partial charge < -0.3 is 15.8 Å². The number of hydrogen-bond donors (Lipinski definition) is 2. The summed E-state index contributed by atoms with van der Waals surface area (Å²) in [5, 5.41) is 3.04. The molecule has 1 amide bonds. The van der Waals surface area contributed by atoms with Crippen LogP contribution in [0.5, 0.6) is 0 Å². The van der Waals surface area contributed by atoms with Crippen molar-refractivity contribution in [3.63, 3.8) is 0 Å². The third-order valence-electron chi connectivity index (χ3n) is 4.21. The van der Waals surface area contributed by atoms with E-state index >= 15 is 0 Å². The van der Waals surface area contributed by atoms with Crippen molar-refractivity contribution >= 4 is 5.91 Å². The zero-order valence-electron chi connectivity index (χ0n) is 10.5. The first-order valence-corrected chi connectivity index (χ1v) is 6.87. The average molecular weight is 240 g/mol. The van der Waals surface area contributed by atoms with Crippen LogP contribution in [0.4, 0.5) is 0 Å². The minimum absolute atomic E-state index is 0.162. The molecule has 98 valence electrons. The lowest BCUT2D eigenvalue weighted by molar-refractivity contribution is -0.130. The predicted octanol–water partition coefficient (Wildman–Crippen LogP) is 1.19. The highest BCUT2D eigenvalue weighted by Gasteiger charge is 2.39. The number of carbonyl (C=O) groups excluding carboxylic acids is 1. The van der Waals surface area contributed by atoms with E-state index in [2.05, 4.69) is 5.32 Å². The molecule has 1 heterocycles. The molecule has 1 atom stereocenters. The molecular weight excluding hydrogens is 216 g/mol. The van der Waals surface area contributed by atoms with Crippen LogP contribution in [-0.4, -0.2) is 31.7 Å². The van der Waals surface area contributed by atoms with Gasteiger partial charge in [-0.1, -0.05) is 12.8 Å². The van der Waals surface area contributed by atoms with Crippen LogP contribution >= 0.6 is 0 Å². The maximum Gasteiger partial charge on any atom is 0.227 e. The van der Waals surface area contributed by atoms with Gasteiger partial charge in [0.05, 0.1) is 11.5 Å². The number of nitrogens with two attached hydrogens (primary N) is 1. The molecule has 1 unspecified atom stereocenters. The second-order valence-corrected chi connectivity index (χ2v) is 5.37. The monoisotopic (exact) mass is 240 g/mol. The summed E-state index contributed by atoms with van der Waals surface area (Å²) in [6.45, 7) is 2.09. The SMILES string of the molecule is NCC1(C(=O)NCCC2CCCO2)CCCC1. The first-order chi connectivity index (χ1) is 8.27. The summed E-state index contributed by atoms with van der Waals surface area (Å²) >= 11 is 0. The van der Waals surface area contributed by atoms with Crippen LogP contribution in [0.2, 0.25) is 0 Å². The summed E-state index contributed by atoms with van der Waals surface area (Å²) in [7, 11) is 0. The highest BCUT2D eigenvalue weighted by Crippen LogP contribution is 2.37. The third kappa shape index (κ3) is 2.99. The molecule has 1 aliphatic carbocycles. The molecule has 0 aromatic carbocycles. The fourth-order valence-corrected chi connectivity index (χ4v) is 2.98. The second kappa shape index (κ2) is 5.83. The molecular formula is C13H24N2O2. The van der Waals surface area contributed by atoms with E-state index in [4.69, 9.17) is 10.5 Å². The Labute approximate surface area is 103 Å². The number of nitrogens with one attached hydrogen (secondary N) is 1. The molecule has 1 saturated carbocycles. The first kappa shape index (κ1) is 12.8. The predicted molar refractivity (Wildman–Crippen MR) is 66.6 cm³/mol. The van der Waals surface area contributed by atoms with E-state index in [1.165, 1.54) is 0 Å². The van der Waals surface area contributed by atoms with E-state index in [0.29, 0.717) is 12.6 Å². The third-order valence-corrected chi connectivity index (χ3v) is 4.21. The van der Waals surface area contributed by atoms with Gasteiger partial charge in [0.1, 0.15) is 0 Å². The Bertz CT molecular complexity index is 256. The van der Waals surface area contributed by atoms with Crippen LogP contribution in [-0.2, 0) is 9.53 Å². The van der Waals surface area contributed by atoms with Crippen LogP contribution in [0.25, 0.3) is 0 Å². The van der Waals surface area contributed by atoms with Crippen molar-refractivity contribution in [2.75, 3.05) is 19.7 Å². The summed E-state index contributed by atoms with van der Waals surface area (Å²) in [6.07, 6.45) is 7.76. The second-order valence-electron chi connectivity index (χ2n) is 5.37. The van der Waals surface area contributed by atoms with Gasteiger partial charge in [-0.15, -0.1) is 0 Å². The average Bonchev–Trinajstić information content (AvgIpc) is 3.00. The molecule has 0 radical (unpaired) electrons. The molecule has 17 heavy (non-hydrogen) atoms. The molecule has 2 rings (SSSR count). The maximum atomic E-state index is 12.1. The van der Waals surface area contributed by atoms with E-state index in [1.807, 2.05) is 0 Å². The van der Waals surface area contributed by atoms with Gasteiger partial charge in [-0.05, 0) is 32.1 Å². The molecule has 0 aromatic heterocycles. The zero-order chi connectivity index (χ0) is 12.1. The molecule has 0 spiro atoms. The minimum atomic E-state index is -0.267. The Hall–Kier alpha value is -0.610. The summed E-state index contributed by atoms with van der Waals surface area (Å²) < 4.78 is 5.54. The summed E-state index contributed by atoms with van der Waals surface area (Å²) in [6, 6.07) is 0. The fraction of sp³-hybridized carbons (Fsp3) is 0.923. The van der Waals surface area contributed by atoms with Crippen LogP contribution in [0, 0.1) is 5.41 Å². The normalized spacial score (nSPS) is 27.2. The lowest BCUT2D eigenvalue weighted by Gasteiger charge is -2.26. The summed E-state index contributed by atoms with van der Waals surface area (Å²) in [4.78, 5) is 12.1. The van der Waals surface area contributed by atoms with E-state index in [-0.39, 0.29) is 11.3 Å². The Morgan fingerprint density at radius 1 is 1.35 bits per heavy atom. The standard InChI is InChI=1S/C13H24N2O2/c14-10-13(6-1-2-7-13)12(16)15-8-5-11-4-3-9-17-11/h11H,1-10,14H2,(H,15,16). The number of rotatable bonds is 5. The van der Waals surface area contributed by atoms with Gasteiger partial charge in [0.25, 0.3) is 0 Å². The van der Waals surface area contributed by atoms with E-state index in [9.17, 15) is 4.79 Å². The lowest BCUT2D eigenvalue weighted by atomic mass is 9.85. The van der Waals surface area contributed by atoms with Crippen molar-refractivity contribution in [3.8, 4) is 0 Å². The topological polar surface area (TPSA) is 64.4 Å². The van der Waals surface area contributed by atoms with Crippen LogP contribution in [0.1, 0.15) is 44.9 Å². The highest BCUT2D eigenvalue weighted by atomic mass is 16.5. The molecule has 4 heteroatoms. The number of amides is 1. The largest absolute Gasteiger partial charge is 0.378 e. The van der Waals surface area contributed by atoms with Gasteiger partial charge in [-0.2, -0.15) is 0 Å². The molecule has 4 nitrogen and oxygen atoms in total. The fourth-order valence-electron chi connectivity index (χ4n) is 2.98. The number of carbonyl (C=O) groups is 1. The Kier molecular flexibility index (Phi) is 4.40. The van der Waals surface area contributed by atoms with Crippen molar-refractivity contribution in [2.24, 2.45) is 11.1 Å². The molecule has 2 aliphatic rings. The lowest BCUT2D eigenvalue weighted by Crippen LogP contribution is -2.44. The number of ether oxygens (including phenoxy) is 1. The van der Waals surface area contributed by atoms with Crippen molar-refractivity contribution < 1.29 is 9.53 Å². The van der Waals surface area contributed by atoms with Crippen LogP contribution in [0.3, 0.4) is 0 Å². The van der Waals surface area contributed by atoms with E-state index in [1.54, 1.807) is 0 Å². The first-order valence-electron chi connectivity index (χ1n) is 6.87. The van der Waals surface area contributed by atoms with Gasteiger partial charge in [-0.25, -0.2) is 0 Å². The van der Waals surface area contributed by atoms with Crippen LogP contribution < -0.4 is 11.1 Å². The summed E-state index contributed by atoms with van der Waals surface area (Å²) in [5.74, 6) is 0.162. The van der Waals surface area contributed by atoms with E-state index in [0.717, 1.165) is 58.1 Å². The Morgan fingerprint density at radius 2 is 2.12 bits per heavy atom. The van der Waals surface area contributed by atoms with Crippen LogP contribution in [0.15, 0.2) is 0 Å². The molecule has 0 aromatic rings. The van der Waals surface area contributed by atoms with Crippen molar-refractivity contribution in [1.29, 1.82) is 0 Å². The zero-order valence-corrected chi connectivity index (χ0v) is 10.5. The Morgan fingerprint density at radius 3 is 2.71 bits per heavy atom. The molecule has 3 N–H and O–H groups in total. The summed E-state index contributed by atoms with van der Waals surface area (Å²) in [5.41, 5.74) is 5.51. The van der Waals surface area contributed by atoms with Crippen molar-refractivity contribution in [3.05, 3.63) is 0 Å². The molecule has 0 bridgehead atoms. The Balaban J connectivity index is 1.72. The molecule has 2 fully saturated rings. The maximum absolute atomic E-state index is 12.1. The van der Waals surface area contributed by atoms with Gasteiger partial charge >= 0.3 is 0 Å². The van der Waals surface area contributed by atoms with Crippen molar-refractivity contribution in [2.45, 2.75) is 51.0 Å². The highest BCUT2D eigenvalue weighted by molar-refractivity contribution is 5.83. The smallest absolute Gasteiger partial charge is 0.227 e. The van der Waals surface area contributed by atoms with Crippen molar-refractivity contribution in [1.82, 2.24) is 5.32 Å². The van der Waals surface area contributed by atoms with Gasteiger partial charge in [0.2, 0.25) is 5.91 Å². The van der Waals surface area contributed by atoms with Gasteiger partial charge in [-0.3, -0.25) is 4.79 Å².